The number of amides is 1. The Morgan fingerprint density at radius 1 is 1.13 bits per heavy atom. The van der Waals surface area contributed by atoms with Crippen LogP contribution >= 0.6 is 11.3 Å². The Labute approximate surface area is 138 Å². The monoisotopic (exact) mass is 320 g/mol. The van der Waals surface area contributed by atoms with Crippen molar-refractivity contribution in [1.82, 2.24) is 4.57 Å². The van der Waals surface area contributed by atoms with Gasteiger partial charge in [-0.2, -0.15) is 4.99 Å². The number of para-hydroxylation sites is 1. The average Bonchev–Trinajstić information content (AvgIpc) is 2.92. The molecule has 0 bridgehead atoms. The number of carbonyl (C=O) groups excluding carboxylic acids is 1. The minimum absolute atomic E-state index is 0.119. The topological polar surface area (TPSA) is 34.4 Å². The molecule has 0 aliphatic carbocycles. The summed E-state index contributed by atoms with van der Waals surface area (Å²) in [7, 11) is 0. The summed E-state index contributed by atoms with van der Waals surface area (Å²) in [6.45, 7) is 0.412. The lowest BCUT2D eigenvalue weighted by Crippen LogP contribution is -2.16. The first-order chi connectivity index (χ1) is 11.3. The van der Waals surface area contributed by atoms with E-state index in [-0.39, 0.29) is 5.91 Å². The van der Waals surface area contributed by atoms with Gasteiger partial charge >= 0.3 is 0 Å². The van der Waals surface area contributed by atoms with Crippen LogP contribution in [-0.2, 0) is 17.8 Å². The number of benzene rings is 2. The zero-order chi connectivity index (χ0) is 16.1. The molecule has 0 radical (unpaired) electrons. The first-order valence-corrected chi connectivity index (χ1v) is 8.23. The summed E-state index contributed by atoms with van der Waals surface area (Å²) in [5.74, 6) is 2.51. The third kappa shape index (κ3) is 3.58. The molecule has 0 aliphatic heterocycles. The Morgan fingerprint density at radius 2 is 1.87 bits per heavy atom. The van der Waals surface area contributed by atoms with Gasteiger partial charge in [-0.15, -0.1) is 6.42 Å². The normalized spacial score (nSPS) is 11.5. The molecule has 0 atom stereocenters. The number of rotatable bonds is 4. The number of nitrogens with zero attached hydrogens (tertiary/aromatic N) is 2. The molecule has 3 nitrogen and oxygen atoms in total. The maximum absolute atomic E-state index is 12.2. The van der Waals surface area contributed by atoms with Gasteiger partial charge in [0.1, 0.15) is 0 Å². The zero-order valence-corrected chi connectivity index (χ0v) is 13.4. The van der Waals surface area contributed by atoms with Gasteiger partial charge in [0.05, 0.1) is 16.8 Å². The Morgan fingerprint density at radius 3 is 2.65 bits per heavy atom. The molecule has 1 aromatic heterocycles. The first-order valence-electron chi connectivity index (χ1n) is 7.41. The van der Waals surface area contributed by atoms with E-state index in [2.05, 4.69) is 10.9 Å². The summed E-state index contributed by atoms with van der Waals surface area (Å²) in [5, 5.41) is 0. The molecule has 0 N–H and O–H groups in total. The summed E-state index contributed by atoms with van der Waals surface area (Å²) in [4.78, 5) is 17.1. The van der Waals surface area contributed by atoms with Crippen molar-refractivity contribution in [3.63, 3.8) is 0 Å². The van der Waals surface area contributed by atoms with Crippen LogP contribution in [0.3, 0.4) is 0 Å². The predicted octanol–water partition coefficient (Wildman–Crippen LogP) is 3.40. The maximum atomic E-state index is 12.2. The predicted molar refractivity (Wildman–Crippen MR) is 94.0 cm³/mol. The highest BCUT2D eigenvalue weighted by Gasteiger charge is 2.07. The van der Waals surface area contributed by atoms with E-state index in [0.717, 1.165) is 15.8 Å². The van der Waals surface area contributed by atoms with Crippen LogP contribution in [-0.4, -0.2) is 10.5 Å². The molecule has 0 saturated carbocycles. The van der Waals surface area contributed by atoms with Gasteiger partial charge in [0.2, 0.25) is 5.91 Å². The Hall–Kier alpha value is -2.64. The van der Waals surface area contributed by atoms with E-state index in [4.69, 9.17) is 6.42 Å². The quantitative estimate of drug-likeness (QED) is 0.679. The lowest BCUT2D eigenvalue weighted by molar-refractivity contribution is -0.118. The highest BCUT2D eigenvalue weighted by molar-refractivity contribution is 7.16. The fourth-order valence-electron chi connectivity index (χ4n) is 2.41. The van der Waals surface area contributed by atoms with Crippen molar-refractivity contribution in [2.45, 2.75) is 19.4 Å². The number of hydrogen-bond donors (Lipinski definition) is 0. The average molecular weight is 320 g/mol. The molecule has 0 saturated heterocycles. The largest absolute Gasteiger partial charge is 0.305 e. The molecule has 2 aromatic carbocycles. The Kier molecular flexibility index (Phi) is 4.70. The van der Waals surface area contributed by atoms with Crippen LogP contribution in [0.5, 0.6) is 0 Å². The maximum Gasteiger partial charge on any atom is 0.248 e. The fraction of sp³-hybridized carbons (Fsp3) is 0.158. The lowest BCUT2D eigenvalue weighted by Gasteiger charge is -2.00. The van der Waals surface area contributed by atoms with Gasteiger partial charge in [-0.1, -0.05) is 59.7 Å². The van der Waals surface area contributed by atoms with Crippen molar-refractivity contribution in [3.05, 3.63) is 65.0 Å². The highest BCUT2D eigenvalue weighted by Crippen LogP contribution is 2.16. The number of fused-ring (bicyclic) bond motifs is 1. The zero-order valence-electron chi connectivity index (χ0n) is 12.6. The van der Waals surface area contributed by atoms with Crippen LogP contribution < -0.4 is 4.80 Å². The van der Waals surface area contributed by atoms with E-state index < -0.39 is 0 Å². The number of aromatic nitrogens is 1. The van der Waals surface area contributed by atoms with E-state index in [1.165, 1.54) is 11.3 Å². The molecule has 0 unspecified atom stereocenters. The number of thiazole rings is 1. The molecule has 0 aliphatic rings. The summed E-state index contributed by atoms with van der Waals surface area (Å²) < 4.78 is 3.00. The van der Waals surface area contributed by atoms with Gasteiger partial charge in [0, 0.05) is 6.42 Å². The van der Waals surface area contributed by atoms with Gasteiger partial charge in [-0.3, -0.25) is 4.79 Å². The first kappa shape index (κ1) is 15.3. The van der Waals surface area contributed by atoms with E-state index in [1.807, 2.05) is 59.2 Å². The van der Waals surface area contributed by atoms with Crippen LogP contribution in [0.25, 0.3) is 10.2 Å². The molecule has 1 heterocycles. The van der Waals surface area contributed by atoms with Crippen molar-refractivity contribution in [3.8, 4) is 12.3 Å². The lowest BCUT2D eigenvalue weighted by atomic mass is 10.1. The third-order valence-corrected chi connectivity index (χ3v) is 4.59. The SMILES string of the molecule is C#CCn1c(=NC(=O)CCc2ccccc2)sc2ccccc21. The second-order valence-corrected chi connectivity index (χ2v) is 6.14. The number of terminal acetylenes is 1. The second-order valence-electron chi connectivity index (χ2n) is 5.13. The summed E-state index contributed by atoms with van der Waals surface area (Å²) >= 11 is 1.49. The van der Waals surface area contributed by atoms with Crippen LogP contribution in [0.1, 0.15) is 12.0 Å². The number of hydrogen-bond acceptors (Lipinski definition) is 2. The molecule has 0 spiro atoms. The molecule has 0 fully saturated rings. The molecule has 114 valence electrons. The minimum Gasteiger partial charge on any atom is -0.305 e. The van der Waals surface area contributed by atoms with Gasteiger partial charge in [0.25, 0.3) is 0 Å². The van der Waals surface area contributed by atoms with Crippen molar-refractivity contribution in [1.29, 1.82) is 0 Å². The van der Waals surface area contributed by atoms with Gasteiger partial charge in [-0.05, 0) is 24.1 Å². The van der Waals surface area contributed by atoms with Gasteiger partial charge in [-0.25, -0.2) is 0 Å². The van der Waals surface area contributed by atoms with E-state index in [1.54, 1.807) is 0 Å². The van der Waals surface area contributed by atoms with Gasteiger partial charge in [0.15, 0.2) is 4.80 Å². The Balaban J connectivity index is 1.86. The van der Waals surface area contributed by atoms with Crippen LogP contribution in [0.2, 0.25) is 0 Å². The molecule has 3 rings (SSSR count). The van der Waals surface area contributed by atoms with Crippen molar-refractivity contribution >= 4 is 27.5 Å². The molecular formula is C19H16N2OS. The molecule has 4 heteroatoms. The third-order valence-electron chi connectivity index (χ3n) is 3.53. The number of carbonyl (C=O) groups is 1. The molecule has 23 heavy (non-hydrogen) atoms. The van der Waals surface area contributed by atoms with E-state index in [0.29, 0.717) is 24.2 Å². The minimum atomic E-state index is -0.119. The van der Waals surface area contributed by atoms with Crippen molar-refractivity contribution in [2.24, 2.45) is 4.99 Å². The van der Waals surface area contributed by atoms with E-state index >= 15 is 0 Å². The molecular weight excluding hydrogens is 304 g/mol. The van der Waals surface area contributed by atoms with Crippen LogP contribution in [0.4, 0.5) is 0 Å². The molecule has 1 amide bonds. The van der Waals surface area contributed by atoms with Crippen molar-refractivity contribution < 1.29 is 4.79 Å². The Bertz CT molecular complexity index is 929. The fourth-order valence-corrected chi connectivity index (χ4v) is 3.46. The van der Waals surface area contributed by atoms with Crippen LogP contribution in [0.15, 0.2) is 59.6 Å². The van der Waals surface area contributed by atoms with Crippen molar-refractivity contribution in [2.75, 3.05) is 0 Å². The van der Waals surface area contributed by atoms with Gasteiger partial charge < -0.3 is 4.57 Å². The summed E-state index contributed by atoms with van der Waals surface area (Å²) in [5.41, 5.74) is 2.16. The summed E-state index contributed by atoms with van der Waals surface area (Å²) in [6.07, 6.45) is 6.55. The smallest absolute Gasteiger partial charge is 0.248 e. The second kappa shape index (κ2) is 7.08. The standard InChI is InChI=1S/C19H16N2OS/c1-2-14-21-16-10-6-7-11-17(16)23-19(21)20-18(22)13-12-15-8-4-3-5-9-15/h1,3-11H,12-14H2. The summed E-state index contributed by atoms with van der Waals surface area (Å²) in [6, 6.07) is 17.9. The van der Waals surface area contributed by atoms with Crippen LogP contribution in [0, 0.1) is 12.3 Å². The highest BCUT2D eigenvalue weighted by atomic mass is 32.1. The number of aryl methyl sites for hydroxylation is 1. The molecule has 3 aromatic rings. The van der Waals surface area contributed by atoms with E-state index in [9.17, 15) is 4.79 Å².